The maximum Gasteiger partial charge on any atom is 0.136 e. The Labute approximate surface area is 307 Å². The monoisotopic (exact) mass is 672 g/mol. The van der Waals surface area contributed by atoms with Gasteiger partial charge in [0, 0.05) is 10.8 Å². The fourth-order valence-corrected chi connectivity index (χ4v) is 8.77. The molecule has 246 valence electrons. The second-order valence-electron chi connectivity index (χ2n) is 13.9. The average molecular weight is 673 g/mol. The predicted octanol–water partition coefficient (Wildman–Crippen LogP) is 14.9. The number of rotatable bonds is 4. The van der Waals surface area contributed by atoms with Crippen LogP contribution in [0.3, 0.4) is 0 Å². The van der Waals surface area contributed by atoms with Crippen molar-refractivity contribution >= 4 is 65.0 Å². The van der Waals surface area contributed by atoms with E-state index in [1.807, 2.05) is 0 Å². The molecule has 11 aromatic rings. The molecule has 0 amide bonds. The molecule has 1 heteroatoms. The van der Waals surface area contributed by atoms with Crippen molar-refractivity contribution in [1.29, 1.82) is 0 Å². The first-order chi connectivity index (χ1) is 26.3. The number of benzene rings is 10. The van der Waals surface area contributed by atoms with Gasteiger partial charge in [0.1, 0.15) is 11.2 Å². The molecule has 1 heterocycles. The summed E-state index contributed by atoms with van der Waals surface area (Å²) in [5.41, 5.74) is 11.6. The molecule has 1 nitrogen and oxygen atoms in total. The van der Waals surface area contributed by atoms with E-state index in [2.05, 4.69) is 194 Å². The number of fused-ring (bicyclic) bond motifs is 8. The van der Waals surface area contributed by atoms with Crippen molar-refractivity contribution < 1.29 is 4.42 Å². The van der Waals surface area contributed by atoms with Crippen LogP contribution in [0.5, 0.6) is 0 Å². The van der Waals surface area contributed by atoms with Gasteiger partial charge in [-0.25, -0.2) is 0 Å². The highest BCUT2D eigenvalue weighted by Crippen LogP contribution is 2.48. The Morgan fingerprint density at radius 1 is 0.245 bits per heavy atom. The van der Waals surface area contributed by atoms with E-state index in [-0.39, 0.29) is 0 Å². The van der Waals surface area contributed by atoms with E-state index in [9.17, 15) is 0 Å². The zero-order chi connectivity index (χ0) is 34.9. The smallest absolute Gasteiger partial charge is 0.136 e. The molecule has 11 rings (SSSR count). The lowest BCUT2D eigenvalue weighted by Gasteiger charge is -2.19. The highest BCUT2D eigenvalue weighted by molar-refractivity contribution is 6.28. The molecular weight excluding hydrogens is 641 g/mol. The summed E-state index contributed by atoms with van der Waals surface area (Å²) < 4.78 is 6.54. The number of furan rings is 1. The molecule has 0 saturated heterocycles. The van der Waals surface area contributed by atoms with Crippen molar-refractivity contribution in [3.63, 3.8) is 0 Å². The molecule has 0 aliphatic rings. The summed E-state index contributed by atoms with van der Waals surface area (Å²) >= 11 is 0. The van der Waals surface area contributed by atoms with Gasteiger partial charge in [-0.05, 0) is 106 Å². The van der Waals surface area contributed by atoms with Crippen molar-refractivity contribution in [2.45, 2.75) is 0 Å². The third kappa shape index (κ3) is 4.58. The van der Waals surface area contributed by atoms with Crippen LogP contribution in [0.2, 0.25) is 0 Å². The Morgan fingerprint density at radius 3 is 1.38 bits per heavy atom. The van der Waals surface area contributed by atoms with Crippen LogP contribution in [0.4, 0.5) is 0 Å². The van der Waals surface area contributed by atoms with E-state index in [1.54, 1.807) is 0 Å². The topological polar surface area (TPSA) is 13.1 Å². The van der Waals surface area contributed by atoms with Gasteiger partial charge in [-0.2, -0.15) is 0 Å². The molecule has 0 unspecified atom stereocenters. The highest BCUT2D eigenvalue weighted by Gasteiger charge is 2.21. The number of hydrogen-bond acceptors (Lipinski definition) is 1. The molecule has 0 radical (unpaired) electrons. The number of hydrogen-bond donors (Lipinski definition) is 0. The van der Waals surface area contributed by atoms with Gasteiger partial charge in [-0.1, -0.05) is 176 Å². The first-order valence-electron chi connectivity index (χ1n) is 18.3. The largest absolute Gasteiger partial charge is 0.456 e. The Bertz CT molecular complexity index is 3150. The van der Waals surface area contributed by atoms with Gasteiger partial charge in [-0.15, -0.1) is 0 Å². The minimum Gasteiger partial charge on any atom is -0.456 e. The summed E-state index contributed by atoms with van der Waals surface area (Å²) in [6.07, 6.45) is 0. The van der Waals surface area contributed by atoms with E-state index in [1.165, 1.54) is 87.6 Å². The van der Waals surface area contributed by atoms with E-state index >= 15 is 0 Å². The third-order valence-electron chi connectivity index (χ3n) is 11.1. The van der Waals surface area contributed by atoms with E-state index < -0.39 is 0 Å². The minimum atomic E-state index is 0.899. The maximum atomic E-state index is 6.54. The Kier molecular flexibility index (Phi) is 6.62. The highest BCUT2D eigenvalue weighted by atomic mass is 16.3. The fraction of sp³-hybridized carbons (Fsp3) is 0. The molecule has 0 N–H and O–H groups in total. The fourth-order valence-electron chi connectivity index (χ4n) is 8.77. The van der Waals surface area contributed by atoms with Gasteiger partial charge in [0.15, 0.2) is 0 Å². The van der Waals surface area contributed by atoms with Crippen molar-refractivity contribution in [1.82, 2.24) is 0 Å². The molecule has 0 spiro atoms. The molecule has 0 aliphatic carbocycles. The zero-order valence-electron chi connectivity index (χ0n) is 28.9. The summed E-state index contributed by atoms with van der Waals surface area (Å²) in [5, 5.41) is 12.3. The van der Waals surface area contributed by atoms with Crippen molar-refractivity contribution in [3.05, 3.63) is 194 Å². The second-order valence-corrected chi connectivity index (χ2v) is 13.9. The third-order valence-corrected chi connectivity index (χ3v) is 11.1. The van der Waals surface area contributed by atoms with Crippen molar-refractivity contribution in [3.8, 4) is 44.5 Å². The Morgan fingerprint density at radius 2 is 0.736 bits per heavy atom. The SMILES string of the molecule is c1ccc(-c2ccc3oc4cccc(-c5c6ccccc6c(-c6cccc7c6ccc6c(-c8ccccc8)cccc67)c6ccccc56)c4c3c2)cc1. The maximum absolute atomic E-state index is 6.54. The van der Waals surface area contributed by atoms with Crippen LogP contribution in [0.15, 0.2) is 199 Å². The Hall–Kier alpha value is -6.96. The molecule has 0 atom stereocenters. The second kappa shape index (κ2) is 11.8. The molecule has 1 aromatic heterocycles. The van der Waals surface area contributed by atoms with Crippen LogP contribution in [0.25, 0.3) is 110 Å². The summed E-state index contributed by atoms with van der Waals surface area (Å²) in [5.74, 6) is 0. The average Bonchev–Trinajstić information content (AvgIpc) is 3.61. The molecule has 53 heavy (non-hydrogen) atoms. The first-order valence-corrected chi connectivity index (χ1v) is 18.3. The van der Waals surface area contributed by atoms with E-state index in [0.29, 0.717) is 0 Å². The van der Waals surface area contributed by atoms with Gasteiger partial charge in [0.2, 0.25) is 0 Å². The van der Waals surface area contributed by atoms with Crippen LogP contribution in [0.1, 0.15) is 0 Å². The molecule has 10 aromatic carbocycles. The van der Waals surface area contributed by atoms with Crippen molar-refractivity contribution in [2.24, 2.45) is 0 Å². The zero-order valence-corrected chi connectivity index (χ0v) is 28.9. The lowest BCUT2D eigenvalue weighted by Crippen LogP contribution is -1.92. The first kappa shape index (κ1) is 29.7. The van der Waals surface area contributed by atoms with Gasteiger partial charge >= 0.3 is 0 Å². The van der Waals surface area contributed by atoms with E-state index in [4.69, 9.17) is 4.42 Å². The lowest BCUT2D eigenvalue weighted by atomic mass is 9.83. The lowest BCUT2D eigenvalue weighted by molar-refractivity contribution is 0.669. The Balaban J connectivity index is 1.20. The summed E-state index contributed by atoms with van der Waals surface area (Å²) in [6.45, 7) is 0. The summed E-state index contributed by atoms with van der Waals surface area (Å²) in [4.78, 5) is 0. The summed E-state index contributed by atoms with van der Waals surface area (Å²) in [6, 6.07) is 70.4. The van der Waals surface area contributed by atoms with Gasteiger partial charge in [-0.3, -0.25) is 0 Å². The van der Waals surface area contributed by atoms with Gasteiger partial charge < -0.3 is 4.42 Å². The molecule has 0 fully saturated rings. The molecule has 0 aliphatic heterocycles. The van der Waals surface area contributed by atoms with Crippen LogP contribution in [-0.4, -0.2) is 0 Å². The standard InChI is InChI=1S/C52H32O/c1-3-14-33(15-4-1)35-28-31-48-47(32-35)52-46(26-13-27-49(52)53-48)51-44-20-9-7-18-42(44)50(43-19-8-10-21-45(43)51)41-25-12-24-38-37-23-11-22-36(34-16-5-2-6-17-34)39(37)29-30-40(38)41/h1-32H. The van der Waals surface area contributed by atoms with E-state index in [0.717, 1.165) is 21.9 Å². The quantitative estimate of drug-likeness (QED) is 0.134. The predicted molar refractivity (Wildman–Crippen MR) is 225 cm³/mol. The van der Waals surface area contributed by atoms with Crippen molar-refractivity contribution in [2.75, 3.05) is 0 Å². The van der Waals surface area contributed by atoms with Gasteiger partial charge in [0.05, 0.1) is 0 Å². The van der Waals surface area contributed by atoms with Crippen LogP contribution >= 0.6 is 0 Å². The van der Waals surface area contributed by atoms with Crippen LogP contribution in [-0.2, 0) is 0 Å². The van der Waals surface area contributed by atoms with Gasteiger partial charge in [0.25, 0.3) is 0 Å². The minimum absolute atomic E-state index is 0.899. The van der Waals surface area contributed by atoms with Crippen LogP contribution in [0, 0.1) is 0 Å². The molecule has 0 bridgehead atoms. The normalized spacial score (nSPS) is 11.8. The summed E-state index contributed by atoms with van der Waals surface area (Å²) in [7, 11) is 0. The molecular formula is C52H32O. The molecule has 0 saturated carbocycles. The van der Waals surface area contributed by atoms with Crippen LogP contribution < -0.4 is 0 Å².